The van der Waals surface area contributed by atoms with Crippen LogP contribution >= 0.6 is 0 Å². The summed E-state index contributed by atoms with van der Waals surface area (Å²) in [6, 6.07) is 12.7. The van der Waals surface area contributed by atoms with Crippen LogP contribution in [0.15, 0.2) is 48.5 Å². The Bertz CT molecular complexity index is 1400. The van der Waals surface area contributed by atoms with Gasteiger partial charge in [-0.15, -0.1) is 0 Å². The fourth-order valence-electron chi connectivity index (χ4n) is 8.22. The van der Waals surface area contributed by atoms with E-state index in [4.69, 9.17) is 0 Å². The zero-order chi connectivity index (χ0) is 31.2. The van der Waals surface area contributed by atoms with Crippen LogP contribution in [0.1, 0.15) is 83.8 Å². The van der Waals surface area contributed by atoms with Gasteiger partial charge in [0.1, 0.15) is 18.4 Å². The second-order valence-electron chi connectivity index (χ2n) is 14.3. The summed E-state index contributed by atoms with van der Waals surface area (Å²) in [7, 11) is -3.83. The van der Waals surface area contributed by atoms with Crippen LogP contribution in [0.4, 0.5) is 10.1 Å². The van der Waals surface area contributed by atoms with Crippen LogP contribution in [0.5, 0.6) is 0 Å². The van der Waals surface area contributed by atoms with Crippen LogP contribution in [0.2, 0.25) is 0 Å². The van der Waals surface area contributed by atoms with E-state index in [1.807, 2.05) is 39.8 Å². The Balaban J connectivity index is 1.41. The summed E-state index contributed by atoms with van der Waals surface area (Å²) < 4.78 is 40.9. The van der Waals surface area contributed by atoms with Gasteiger partial charge in [0.05, 0.1) is 11.9 Å². The lowest BCUT2D eigenvalue weighted by Gasteiger charge is -2.57. The van der Waals surface area contributed by atoms with Crippen molar-refractivity contribution in [2.45, 2.75) is 96.2 Å². The molecule has 6 rings (SSSR count). The summed E-state index contributed by atoms with van der Waals surface area (Å²) in [5, 5.41) is 2.95. The van der Waals surface area contributed by atoms with Crippen molar-refractivity contribution < 1.29 is 22.4 Å². The first-order chi connectivity index (χ1) is 20.2. The van der Waals surface area contributed by atoms with E-state index in [0.29, 0.717) is 17.7 Å². The Hall–Kier alpha value is -2.94. The summed E-state index contributed by atoms with van der Waals surface area (Å²) >= 11 is 0. The van der Waals surface area contributed by atoms with Crippen molar-refractivity contribution in [1.82, 2.24) is 10.2 Å². The molecular weight excluding hydrogens is 565 g/mol. The predicted molar refractivity (Wildman–Crippen MR) is 167 cm³/mol. The summed E-state index contributed by atoms with van der Waals surface area (Å²) in [6.45, 7) is 7.00. The topological polar surface area (TPSA) is 86.8 Å². The van der Waals surface area contributed by atoms with Crippen LogP contribution in [-0.2, 0) is 31.6 Å². The fourth-order valence-corrected chi connectivity index (χ4v) is 9.07. The minimum atomic E-state index is -3.83. The molecule has 0 unspecified atom stereocenters. The van der Waals surface area contributed by atoms with Crippen molar-refractivity contribution in [1.29, 1.82) is 0 Å². The molecule has 2 aromatic carbocycles. The second kappa shape index (κ2) is 11.9. The van der Waals surface area contributed by atoms with Crippen LogP contribution in [-0.4, -0.2) is 49.5 Å². The van der Waals surface area contributed by atoms with Gasteiger partial charge in [-0.05, 0) is 124 Å². The highest BCUT2D eigenvalue weighted by Crippen LogP contribution is 2.60. The third kappa shape index (κ3) is 7.08. The van der Waals surface area contributed by atoms with Gasteiger partial charge >= 0.3 is 0 Å². The molecule has 7 nitrogen and oxygen atoms in total. The molecule has 9 heteroatoms. The van der Waals surface area contributed by atoms with E-state index in [-0.39, 0.29) is 17.9 Å². The van der Waals surface area contributed by atoms with Crippen molar-refractivity contribution in [2.24, 2.45) is 17.8 Å². The molecule has 4 bridgehead atoms. The number of amides is 2. The zero-order valence-corrected chi connectivity index (χ0v) is 26.9. The summed E-state index contributed by atoms with van der Waals surface area (Å²) in [5.41, 5.74) is 2.00. The van der Waals surface area contributed by atoms with Crippen molar-refractivity contribution in [3.05, 3.63) is 65.5 Å². The number of carbonyl (C=O) groups is 2. The number of carbonyl (C=O) groups excluding carboxylic acids is 2. The number of benzene rings is 2. The third-order valence-electron chi connectivity index (χ3n) is 9.64. The fraction of sp³-hybridized carbons (Fsp3) is 0.588. The van der Waals surface area contributed by atoms with Gasteiger partial charge in [-0.25, -0.2) is 12.8 Å². The van der Waals surface area contributed by atoms with Gasteiger partial charge in [0.2, 0.25) is 21.8 Å². The molecule has 2 aromatic rings. The van der Waals surface area contributed by atoms with Crippen LogP contribution in [0.3, 0.4) is 0 Å². The Morgan fingerprint density at radius 1 is 0.953 bits per heavy atom. The first-order valence-corrected chi connectivity index (χ1v) is 17.4. The van der Waals surface area contributed by atoms with E-state index in [1.165, 1.54) is 61.1 Å². The molecule has 0 aliphatic heterocycles. The number of hydrogen-bond acceptors (Lipinski definition) is 4. The predicted octanol–water partition coefficient (Wildman–Crippen LogP) is 5.78. The molecule has 4 aliphatic carbocycles. The van der Waals surface area contributed by atoms with E-state index in [1.54, 1.807) is 12.1 Å². The maximum absolute atomic E-state index is 14.0. The van der Waals surface area contributed by atoms with Crippen LogP contribution in [0.25, 0.3) is 0 Å². The number of halogens is 1. The Kier molecular flexibility index (Phi) is 8.69. The molecule has 4 aliphatic rings. The summed E-state index contributed by atoms with van der Waals surface area (Å²) in [6.07, 6.45) is 9.10. The smallest absolute Gasteiger partial charge is 0.244 e. The lowest BCUT2D eigenvalue weighted by atomic mass is 9.48. The maximum atomic E-state index is 14.0. The standard InChI is InChI=1S/C34H46FN3O4S/c1-6-30(32(40)36-33(2,3)4)37(21-23-7-11-28(35)12-8-23)31(39)22-38(43(5,41)42)29-13-9-27(10-14-29)34-18-24-15-25(19-34)17-26(16-24)20-34/h7-14,24-26,30H,6,15-22H2,1-5H3,(H,36,40)/t24?,25?,26?,30-,34?/m1/s1. The molecule has 234 valence electrons. The normalized spacial score (nSPS) is 25.3. The first-order valence-electron chi connectivity index (χ1n) is 15.6. The lowest BCUT2D eigenvalue weighted by Crippen LogP contribution is -2.55. The van der Waals surface area contributed by atoms with Crippen molar-refractivity contribution in [2.75, 3.05) is 17.1 Å². The Labute approximate surface area is 256 Å². The second-order valence-corrected chi connectivity index (χ2v) is 16.2. The minimum absolute atomic E-state index is 0.0394. The van der Waals surface area contributed by atoms with Crippen molar-refractivity contribution in [3.8, 4) is 0 Å². The molecule has 4 saturated carbocycles. The molecule has 4 fully saturated rings. The van der Waals surface area contributed by atoms with E-state index in [2.05, 4.69) is 17.4 Å². The number of sulfonamides is 1. The molecule has 43 heavy (non-hydrogen) atoms. The highest BCUT2D eigenvalue weighted by atomic mass is 32.2. The van der Waals surface area contributed by atoms with Gasteiger partial charge in [0.25, 0.3) is 0 Å². The lowest BCUT2D eigenvalue weighted by molar-refractivity contribution is -0.141. The molecule has 0 saturated heterocycles. The number of nitrogens with one attached hydrogen (secondary N) is 1. The van der Waals surface area contributed by atoms with Gasteiger partial charge in [-0.1, -0.05) is 31.2 Å². The maximum Gasteiger partial charge on any atom is 0.244 e. The number of rotatable bonds is 10. The van der Waals surface area contributed by atoms with Gasteiger partial charge in [0, 0.05) is 12.1 Å². The van der Waals surface area contributed by atoms with Gasteiger partial charge in [-0.3, -0.25) is 13.9 Å². The molecule has 1 N–H and O–H groups in total. The number of hydrogen-bond donors (Lipinski definition) is 1. The molecule has 0 heterocycles. The Morgan fingerprint density at radius 3 is 1.95 bits per heavy atom. The van der Waals surface area contributed by atoms with Crippen LogP contribution < -0.4 is 9.62 Å². The van der Waals surface area contributed by atoms with Gasteiger partial charge in [-0.2, -0.15) is 0 Å². The van der Waals surface area contributed by atoms with Gasteiger partial charge in [0.15, 0.2) is 0 Å². The Morgan fingerprint density at radius 2 is 1.49 bits per heavy atom. The highest BCUT2D eigenvalue weighted by Gasteiger charge is 2.51. The first kappa shape index (κ1) is 31.5. The largest absolute Gasteiger partial charge is 0.350 e. The van der Waals surface area contributed by atoms with E-state index in [9.17, 15) is 22.4 Å². The zero-order valence-electron chi connectivity index (χ0n) is 26.1. The number of nitrogens with zero attached hydrogens (tertiary/aromatic N) is 2. The van der Waals surface area contributed by atoms with E-state index in [0.717, 1.165) is 28.3 Å². The molecular formula is C34H46FN3O4S. The van der Waals surface area contributed by atoms with E-state index >= 15 is 0 Å². The average molecular weight is 612 g/mol. The van der Waals surface area contributed by atoms with E-state index < -0.39 is 39.9 Å². The molecule has 0 spiro atoms. The molecule has 0 aromatic heterocycles. The summed E-state index contributed by atoms with van der Waals surface area (Å²) in [5.74, 6) is 1.16. The average Bonchev–Trinajstić information content (AvgIpc) is 2.90. The number of anilines is 1. The monoisotopic (exact) mass is 611 g/mol. The molecule has 2 amide bonds. The van der Waals surface area contributed by atoms with Crippen LogP contribution in [0, 0.1) is 23.6 Å². The SMILES string of the molecule is CC[C@H](C(=O)NC(C)(C)C)N(Cc1ccc(F)cc1)C(=O)CN(c1ccc(C23CC4CC(CC(C4)C2)C3)cc1)S(C)(=O)=O. The highest BCUT2D eigenvalue weighted by molar-refractivity contribution is 7.92. The minimum Gasteiger partial charge on any atom is -0.350 e. The van der Waals surface area contributed by atoms with Crippen molar-refractivity contribution >= 4 is 27.5 Å². The molecule has 1 atom stereocenters. The van der Waals surface area contributed by atoms with Crippen molar-refractivity contribution in [3.63, 3.8) is 0 Å². The summed E-state index contributed by atoms with van der Waals surface area (Å²) in [4.78, 5) is 28.7. The third-order valence-corrected chi connectivity index (χ3v) is 10.8. The molecule has 0 radical (unpaired) electrons. The quantitative estimate of drug-likeness (QED) is 0.369. The van der Waals surface area contributed by atoms with Gasteiger partial charge < -0.3 is 10.2 Å².